The lowest BCUT2D eigenvalue weighted by Gasteiger charge is -2.08. The first-order valence-electron chi connectivity index (χ1n) is 3.59. The fourth-order valence-electron chi connectivity index (χ4n) is 0.681. The highest BCUT2D eigenvalue weighted by molar-refractivity contribution is 7.94. The van der Waals surface area contributed by atoms with E-state index in [0.29, 0.717) is 5.41 Å². The van der Waals surface area contributed by atoms with Gasteiger partial charge < -0.3 is 9.66 Å². The normalized spacial score (nSPS) is 17.5. The van der Waals surface area contributed by atoms with Gasteiger partial charge in [-0.15, -0.1) is 0 Å². The number of aliphatic hydroxyl groups is 1. The number of hydrogen-bond donors (Lipinski definition) is 1. The highest BCUT2D eigenvalue weighted by atomic mass is 32.2. The van der Waals surface area contributed by atoms with Crippen molar-refractivity contribution in [3.63, 3.8) is 0 Å². The summed E-state index contributed by atoms with van der Waals surface area (Å²) in [5, 5.41) is 9.87. The van der Waals surface area contributed by atoms with Crippen molar-refractivity contribution < 1.29 is 22.3 Å². The highest BCUT2D eigenvalue weighted by Crippen LogP contribution is 2.03. The molecule has 7 heteroatoms. The van der Waals surface area contributed by atoms with Crippen molar-refractivity contribution in [3.8, 4) is 0 Å². The van der Waals surface area contributed by atoms with Crippen molar-refractivity contribution >= 4 is 20.9 Å². The first kappa shape index (κ1) is 13.5. The molecule has 0 aromatic rings. The van der Waals surface area contributed by atoms with E-state index in [0.717, 1.165) is 6.08 Å². The van der Waals surface area contributed by atoms with Crippen LogP contribution in [0, 0.1) is 0 Å². The van der Waals surface area contributed by atoms with E-state index >= 15 is 0 Å². The smallest absolute Gasteiger partial charge is 0.173 e. The zero-order chi connectivity index (χ0) is 11.4. The van der Waals surface area contributed by atoms with Gasteiger partial charge in [0.25, 0.3) is 0 Å². The summed E-state index contributed by atoms with van der Waals surface area (Å²) in [6.45, 7) is 4.31. The quantitative estimate of drug-likeness (QED) is 0.664. The summed E-state index contributed by atoms with van der Waals surface area (Å²) in [5.41, 5.74) is 0. The molecule has 0 fully saturated rings. The molecule has 0 aromatic heterocycles. The molecule has 0 heterocycles. The van der Waals surface area contributed by atoms with Crippen LogP contribution >= 0.6 is 0 Å². The van der Waals surface area contributed by atoms with Crippen molar-refractivity contribution in [2.45, 2.75) is 13.0 Å². The van der Waals surface area contributed by atoms with Gasteiger partial charge in [0, 0.05) is 5.41 Å². The van der Waals surface area contributed by atoms with Gasteiger partial charge in [-0.2, -0.15) is 0 Å². The third-order valence-electron chi connectivity index (χ3n) is 1.35. The molecule has 0 saturated heterocycles. The predicted octanol–water partition coefficient (Wildman–Crippen LogP) is -0.312. The lowest BCUT2D eigenvalue weighted by atomic mass is 10.4. The van der Waals surface area contributed by atoms with E-state index in [4.69, 9.17) is 5.11 Å². The Morgan fingerprint density at radius 1 is 1.71 bits per heavy atom. The van der Waals surface area contributed by atoms with Crippen molar-refractivity contribution in [2.24, 2.45) is 0 Å². The monoisotopic (exact) mass is 239 g/mol. The molecule has 0 aromatic carbocycles. The average molecular weight is 239 g/mol. The van der Waals surface area contributed by atoms with E-state index in [-0.39, 0.29) is 4.91 Å². The Hall–Kier alpha value is -0.500. The standard InChI is InChI=1S/C7H12O5S2/c1-3-14(11,12)5-7(8)4-6(2)13(9)10/h3-4,7-8H,1,5H2,2H3,(H,9,10)/p-1. The van der Waals surface area contributed by atoms with Gasteiger partial charge >= 0.3 is 0 Å². The van der Waals surface area contributed by atoms with E-state index in [1.165, 1.54) is 6.92 Å². The average Bonchev–Trinajstić information content (AvgIpc) is 2.02. The van der Waals surface area contributed by atoms with Crippen molar-refractivity contribution in [3.05, 3.63) is 23.0 Å². The fourth-order valence-corrected chi connectivity index (χ4v) is 1.66. The Morgan fingerprint density at radius 3 is 2.57 bits per heavy atom. The molecule has 2 atom stereocenters. The summed E-state index contributed by atoms with van der Waals surface area (Å²) in [7, 11) is -3.52. The molecule has 0 aliphatic carbocycles. The van der Waals surface area contributed by atoms with Crippen LogP contribution in [0.2, 0.25) is 0 Å². The van der Waals surface area contributed by atoms with Crippen LogP contribution in [0.4, 0.5) is 0 Å². The number of allylic oxidation sites excluding steroid dienone is 1. The van der Waals surface area contributed by atoms with Gasteiger partial charge in [0.05, 0.1) is 11.9 Å². The Labute approximate surface area is 85.3 Å². The second-order valence-corrected chi connectivity index (χ2v) is 5.68. The van der Waals surface area contributed by atoms with Crippen molar-refractivity contribution in [1.82, 2.24) is 0 Å². The molecule has 0 aliphatic rings. The van der Waals surface area contributed by atoms with Gasteiger partial charge in [0.1, 0.15) is 0 Å². The number of sulfone groups is 1. The van der Waals surface area contributed by atoms with E-state index in [1.807, 2.05) is 0 Å². The Morgan fingerprint density at radius 2 is 2.21 bits per heavy atom. The predicted molar refractivity (Wildman–Crippen MR) is 52.7 cm³/mol. The van der Waals surface area contributed by atoms with E-state index in [2.05, 4.69) is 6.58 Å². The maximum atomic E-state index is 10.9. The zero-order valence-corrected chi connectivity index (χ0v) is 9.18. The van der Waals surface area contributed by atoms with Crippen LogP contribution in [0.25, 0.3) is 0 Å². The lowest BCUT2D eigenvalue weighted by Crippen LogP contribution is -2.17. The van der Waals surface area contributed by atoms with Gasteiger partial charge in [-0.3, -0.25) is 4.21 Å². The minimum Gasteiger partial charge on any atom is -0.769 e. The molecule has 2 unspecified atom stereocenters. The summed E-state index contributed by atoms with van der Waals surface area (Å²) < 4.78 is 42.4. The third kappa shape index (κ3) is 5.28. The molecular formula is C7H11O5S2-. The molecule has 0 amide bonds. The topological polar surface area (TPSA) is 94.5 Å². The van der Waals surface area contributed by atoms with Crippen LogP contribution in [0.3, 0.4) is 0 Å². The van der Waals surface area contributed by atoms with Crippen LogP contribution in [0.1, 0.15) is 6.92 Å². The van der Waals surface area contributed by atoms with Gasteiger partial charge in [0.2, 0.25) is 0 Å². The molecule has 0 saturated carbocycles. The lowest BCUT2D eigenvalue weighted by molar-refractivity contribution is 0.246. The summed E-state index contributed by atoms with van der Waals surface area (Å²) in [6, 6.07) is 0. The second-order valence-electron chi connectivity index (χ2n) is 2.58. The fraction of sp³-hybridized carbons (Fsp3) is 0.429. The third-order valence-corrected chi connectivity index (χ3v) is 3.32. The molecule has 82 valence electrons. The van der Waals surface area contributed by atoms with Crippen molar-refractivity contribution in [2.75, 3.05) is 5.75 Å². The first-order valence-corrected chi connectivity index (χ1v) is 6.38. The maximum Gasteiger partial charge on any atom is 0.173 e. The molecule has 0 aliphatic heterocycles. The summed E-state index contributed by atoms with van der Waals surface area (Å²) in [5.74, 6) is -0.564. The largest absolute Gasteiger partial charge is 0.769 e. The molecule has 1 N–H and O–H groups in total. The Balaban J connectivity index is 4.53. The van der Waals surface area contributed by atoms with E-state index < -0.39 is 32.8 Å². The minimum atomic E-state index is -3.52. The van der Waals surface area contributed by atoms with Crippen LogP contribution in [0.5, 0.6) is 0 Å². The number of hydrogen-bond acceptors (Lipinski definition) is 5. The molecule has 5 nitrogen and oxygen atoms in total. The molecule has 14 heavy (non-hydrogen) atoms. The highest BCUT2D eigenvalue weighted by Gasteiger charge is 2.11. The summed E-state index contributed by atoms with van der Waals surface area (Å²) in [4.78, 5) is -0.100. The maximum absolute atomic E-state index is 10.9. The molecular weight excluding hydrogens is 228 g/mol. The minimum absolute atomic E-state index is 0.100. The first-order chi connectivity index (χ1) is 6.28. The Bertz CT molecular complexity index is 354. The molecule has 0 spiro atoms. The van der Waals surface area contributed by atoms with Gasteiger partial charge in [0.15, 0.2) is 9.84 Å². The Kier molecular flexibility index (Phi) is 5.21. The van der Waals surface area contributed by atoms with Gasteiger partial charge in [-0.05, 0) is 29.0 Å². The second kappa shape index (κ2) is 5.40. The van der Waals surface area contributed by atoms with Crippen molar-refractivity contribution in [1.29, 1.82) is 0 Å². The number of rotatable bonds is 5. The zero-order valence-electron chi connectivity index (χ0n) is 7.54. The summed E-state index contributed by atoms with van der Waals surface area (Å²) >= 11 is -2.43. The van der Waals surface area contributed by atoms with Gasteiger partial charge in [-0.1, -0.05) is 6.58 Å². The van der Waals surface area contributed by atoms with Crippen LogP contribution in [-0.2, 0) is 20.9 Å². The number of aliphatic hydroxyl groups excluding tert-OH is 1. The van der Waals surface area contributed by atoms with Crippen LogP contribution < -0.4 is 0 Å². The summed E-state index contributed by atoms with van der Waals surface area (Å²) in [6.07, 6.45) is -0.375. The molecule has 0 radical (unpaired) electrons. The van der Waals surface area contributed by atoms with Crippen LogP contribution in [0.15, 0.2) is 23.0 Å². The van der Waals surface area contributed by atoms with Crippen LogP contribution in [-0.4, -0.2) is 34.1 Å². The van der Waals surface area contributed by atoms with E-state index in [9.17, 15) is 17.2 Å². The van der Waals surface area contributed by atoms with E-state index in [1.54, 1.807) is 0 Å². The molecule has 0 rings (SSSR count). The molecule has 0 bridgehead atoms. The SMILES string of the molecule is C=CS(=O)(=O)CC(O)C=C(C)S(=O)[O-]. The van der Waals surface area contributed by atoms with Gasteiger partial charge in [-0.25, -0.2) is 8.42 Å².